The molecule has 1 amide bonds. The molecule has 1 aliphatic heterocycles. The predicted octanol–water partition coefficient (Wildman–Crippen LogP) is 3.34. The molecule has 1 N–H and O–H groups in total. The van der Waals surface area contributed by atoms with Gasteiger partial charge in [0.05, 0.1) is 11.3 Å². The number of halogens is 4. The molecule has 0 unspecified atom stereocenters. The average molecular weight is 557 g/mol. The molecule has 0 spiro atoms. The molecule has 0 atom stereocenters. The van der Waals surface area contributed by atoms with Gasteiger partial charge < -0.3 is 19.5 Å². The van der Waals surface area contributed by atoms with E-state index in [1.54, 1.807) is 17.0 Å². The first-order valence-electron chi connectivity index (χ1n) is 9.26. The van der Waals surface area contributed by atoms with E-state index < -0.39 is 11.9 Å². The van der Waals surface area contributed by atoms with E-state index in [0.29, 0.717) is 62.4 Å². The highest BCUT2D eigenvalue weighted by molar-refractivity contribution is 14.0. The van der Waals surface area contributed by atoms with Gasteiger partial charge in [-0.05, 0) is 19.1 Å². The highest BCUT2D eigenvalue weighted by Crippen LogP contribution is 2.30. The summed E-state index contributed by atoms with van der Waals surface area (Å²) in [4.78, 5) is 24.3. The van der Waals surface area contributed by atoms with E-state index >= 15 is 0 Å². The third-order valence-electron chi connectivity index (χ3n) is 4.36. The van der Waals surface area contributed by atoms with Crippen LogP contribution in [-0.4, -0.2) is 65.9 Å². The van der Waals surface area contributed by atoms with Crippen molar-refractivity contribution in [1.29, 1.82) is 0 Å². The maximum Gasteiger partial charge on any atom is 0.434 e. The monoisotopic (exact) mass is 557 g/mol. The summed E-state index contributed by atoms with van der Waals surface area (Å²) in [5.41, 5.74) is -0.856. The minimum atomic E-state index is -4.42. The Balaban J connectivity index is 0.00000320. The first kappa shape index (κ1) is 24.4. The lowest BCUT2D eigenvalue weighted by Crippen LogP contribution is -2.53. The van der Waals surface area contributed by atoms with Gasteiger partial charge in [-0.1, -0.05) is 0 Å². The van der Waals surface area contributed by atoms with Crippen molar-refractivity contribution in [2.45, 2.75) is 19.5 Å². The maximum absolute atomic E-state index is 12.6. The van der Waals surface area contributed by atoms with Crippen molar-refractivity contribution in [2.24, 2.45) is 4.99 Å². The average Bonchev–Trinajstić information content (AvgIpc) is 3.39. The van der Waals surface area contributed by atoms with Gasteiger partial charge in [0, 0.05) is 51.1 Å². The van der Waals surface area contributed by atoms with Crippen LogP contribution in [0.5, 0.6) is 0 Å². The fourth-order valence-electron chi connectivity index (χ4n) is 2.92. The van der Waals surface area contributed by atoms with Crippen LogP contribution in [0.1, 0.15) is 28.2 Å². The van der Waals surface area contributed by atoms with Crippen LogP contribution < -0.4 is 5.32 Å². The number of nitrogens with one attached hydrogen (secondary N) is 1. The molecule has 1 fully saturated rings. The number of thiazole rings is 1. The van der Waals surface area contributed by atoms with Gasteiger partial charge in [-0.2, -0.15) is 13.2 Å². The normalized spacial score (nSPS) is 15.1. The summed E-state index contributed by atoms with van der Waals surface area (Å²) in [7, 11) is 0. The summed E-state index contributed by atoms with van der Waals surface area (Å²) in [6.07, 6.45) is -2.61. The second-order valence-corrected chi connectivity index (χ2v) is 7.31. The minimum absolute atomic E-state index is 0. The van der Waals surface area contributed by atoms with Gasteiger partial charge in [-0.15, -0.1) is 35.3 Å². The van der Waals surface area contributed by atoms with Gasteiger partial charge in [-0.3, -0.25) is 9.79 Å². The van der Waals surface area contributed by atoms with Crippen molar-refractivity contribution < 1.29 is 22.4 Å². The van der Waals surface area contributed by atoms with E-state index in [4.69, 9.17) is 4.42 Å². The molecule has 0 bridgehead atoms. The van der Waals surface area contributed by atoms with Crippen LogP contribution in [0.15, 0.2) is 33.2 Å². The van der Waals surface area contributed by atoms with Gasteiger partial charge in [0.15, 0.2) is 17.4 Å². The Morgan fingerprint density at radius 2 is 2.00 bits per heavy atom. The van der Waals surface area contributed by atoms with Crippen molar-refractivity contribution in [2.75, 3.05) is 39.3 Å². The number of aliphatic imine (C=N–C) groups is 1. The van der Waals surface area contributed by atoms with Gasteiger partial charge >= 0.3 is 6.18 Å². The van der Waals surface area contributed by atoms with Crippen LogP contribution in [-0.2, 0) is 12.6 Å². The number of rotatable bonds is 5. The summed E-state index contributed by atoms with van der Waals surface area (Å²) in [5.74, 6) is 0.867. The van der Waals surface area contributed by atoms with Gasteiger partial charge in [0.25, 0.3) is 5.91 Å². The number of aromatic nitrogens is 1. The molecule has 0 aromatic carbocycles. The largest absolute Gasteiger partial charge is 0.459 e. The maximum atomic E-state index is 12.6. The Morgan fingerprint density at radius 1 is 1.30 bits per heavy atom. The Kier molecular flexibility index (Phi) is 8.94. The van der Waals surface area contributed by atoms with E-state index in [1.165, 1.54) is 6.26 Å². The summed E-state index contributed by atoms with van der Waals surface area (Å²) in [6, 6.07) is 3.32. The third kappa shape index (κ3) is 6.33. The summed E-state index contributed by atoms with van der Waals surface area (Å²) in [6.45, 7) is 5.22. The molecule has 2 aromatic heterocycles. The zero-order valence-electron chi connectivity index (χ0n) is 16.3. The van der Waals surface area contributed by atoms with E-state index in [-0.39, 0.29) is 29.9 Å². The Hall–Kier alpha value is -1.83. The molecule has 12 heteroatoms. The summed E-state index contributed by atoms with van der Waals surface area (Å²) < 4.78 is 43.1. The molecule has 1 saturated heterocycles. The number of carbonyl (C=O) groups excluding carboxylic acids is 1. The lowest BCUT2D eigenvalue weighted by atomic mass is 10.3. The van der Waals surface area contributed by atoms with Gasteiger partial charge in [-0.25, -0.2) is 4.98 Å². The van der Waals surface area contributed by atoms with E-state index in [2.05, 4.69) is 15.3 Å². The Labute approximate surface area is 193 Å². The number of nitrogens with zero attached hydrogens (tertiary/aromatic N) is 4. The number of furan rings is 1. The van der Waals surface area contributed by atoms with Gasteiger partial charge in [0.2, 0.25) is 0 Å². The minimum Gasteiger partial charge on any atom is -0.459 e. The molecule has 0 saturated carbocycles. The fraction of sp³-hybridized carbons (Fsp3) is 0.500. The number of guanidine groups is 1. The standard InChI is InChI=1S/C18H22F3N5O2S.HI/c1-2-22-17(23-6-5-15-24-14(12-29-15)18(19,20)21)26-9-7-25(8-10-26)16(27)13-4-3-11-28-13;/h3-4,11-12H,2,5-10H2,1H3,(H,22,23);1H. The number of amides is 1. The molecule has 1 aliphatic rings. The molecule has 30 heavy (non-hydrogen) atoms. The SMILES string of the molecule is CCNC(=NCCc1nc(C(F)(F)F)cs1)N1CCN(C(=O)c2ccco2)CC1.I. The smallest absolute Gasteiger partial charge is 0.434 e. The molecule has 0 radical (unpaired) electrons. The van der Waals surface area contributed by atoms with Crippen LogP contribution in [0.25, 0.3) is 0 Å². The quantitative estimate of drug-likeness (QED) is 0.347. The molecular weight excluding hydrogens is 534 g/mol. The lowest BCUT2D eigenvalue weighted by molar-refractivity contribution is -0.140. The Morgan fingerprint density at radius 3 is 2.57 bits per heavy atom. The number of alkyl halides is 3. The van der Waals surface area contributed by atoms with Crippen LogP contribution in [0.3, 0.4) is 0 Å². The summed E-state index contributed by atoms with van der Waals surface area (Å²) >= 11 is 0.992. The van der Waals surface area contributed by atoms with Crippen molar-refractivity contribution >= 4 is 47.2 Å². The van der Waals surface area contributed by atoms with E-state index in [0.717, 1.165) is 16.7 Å². The Bertz CT molecular complexity index is 833. The number of carbonyl (C=O) groups is 1. The third-order valence-corrected chi connectivity index (χ3v) is 5.27. The van der Waals surface area contributed by atoms with Crippen LogP contribution in [0, 0.1) is 0 Å². The molecule has 3 rings (SSSR count). The zero-order chi connectivity index (χ0) is 20.9. The molecular formula is C18H23F3IN5O2S. The fourth-order valence-corrected chi connectivity index (χ4v) is 3.71. The highest BCUT2D eigenvalue weighted by Gasteiger charge is 2.33. The summed E-state index contributed by atoms with van der Waals surface area (Å²) in [5, 5.41) is 4.63. The first-order valence-corrected chi connectivity index (χ1v) is 10.1. The predicted molar refractivity (Wildman–Crippen MR) is 118 cm³/mol. The van der Waals surface area contributed by atoms with Crippen molar-refractivity contribution in [1.82, 2.24) is 20.1 Å². The van der Waals surface area contributed by atoms with Crippen LogP contribution >= 0.6 is 35.3 Å². The number of hydrogen-bond acceptors (Lipinski definition) is 5. The lowest BCUT2D eigenvalue weighted by Gasteiger charge is -2.36. The van der Waals surface area contributed by atoms with Crippen LogP contribution in [0.2, 0.25) is 0 Å². The molecule has 0 aliphatic carbocycles. The topological polar surface area (TPSA) is 74.0 Å². The molecule has 3 heterocycles. The number of hydrogen-bond donors (Lipinski definition) is 1. The first-order chi connectivity index (χ1) is 13.9. The van der Waals surface area contributed by atoms with Crippen molar-refractivity contribution in [3.8, 4) is 0 Å². The second kappa shape index (κ2) is 11.0. The van der Waals surface area contributed by atoms with E-state index in [9.17, 15) is 18.0 Å². The number of piperazine rings is 1. The molecule has 166 valence electrons. The van der Waals surface area contributed by atoms with Gasteiger partial charge in [0.1, 0.15) is 0 Å². The zero-order valence-corrected chi connectivity index (χ0v) is 19.5. The molecule has 7 nitrogen and oxygen atoms in total. The van der Waals surface area contributed by atoms with Crippen LogP contribution in [0.4, 0.5) is 13.2 Å². The molecule has 2 aromatic rings. The highest BCUT2D eigenvalue weighted by atomic mass is 127. The van der Waals surface area contributed by atoms with Crippen molar-refractivity contribution in [3.05, 3.63) is 40.2 Å². The van der Waals surface area contributed by atoms with Crippen molar-refractivity contribution in [3.63, 3.8) is 0 Å². The second-order valence-electron chi connectivity index (χ2n) is 6.37. The van der Waals surface area contributed by atoms with E-state index in [1.807, 2.05) is 11.8 Å².